The average molecular weight is 399 g/mol. The summed E-state index contributed by atoms with van der Waals surface area (Å²) in [6, 6.07) is 9.81. The number of methoxy groups -OCH3 is 2. The van der Waals surface area contributed by atoms with E-state index in [9.17, 15) is 18.8 Å². The van der Waals surface area contributed by atoms with Gasteiger partial charge >= 0.3 is 6.03 Å². The fourth-order valence-corrected chi connectivity index (χ4v) is 2.70. The van der Waals surface area contributed by atoms with Gasteiger partial charge in [0.2, 0.25) is 5.91 Å². The molecule has 0 radical (unpaired) electrons. The second-order valence-corrected chi connectivity index (χ2v) is 6.02. The van der Waals surface area contributed by atoms with Crippen molar-refractivity contribution < 1.29 is 28.2 Å². The van der Waals surface area contributed by atoms with Crippen LogP contribution in [0.5, 0.6) is 11.5 Å². The van der Waals surface area contributed by atoms with Crippen molar-refractivity contribution in [1.29, 1.82) is 0 Å². The highest BCUT2D eigenvalue weighted by atomic mass is 19.1. The predicted octanol–water partition coefficient (Wildman–Crippen LogP) is 2.37. The summed E-state index contributed by atoms with van der Waals surface area (Å²) in [5, 5.41) is 4.75. The van der Waals surface area contributed by atoms with E-state index in [4.69, 9.17) is 9.47 Å². The maximum Gasteiger partial charge on any atom is 0.329 e. The summed E-state index contributed by atoms with van der Waals surface area (Å²) in [5.74, 6) is -1.00. The molecule has 1 fully saturated rings. The smallest absolute Gasteiger partial charge is 0.329 e. The first kappa shape index (κ1) is 19.9. The maximum atomic E-state index is 13.6. The number of rotatable bonds is 6. The zero-order chi connectivity index (χ0) is 21.0. The molecule has 150 valence electrons. The van der Waals surface area contributed by atoms with Gasteiger partial charge in [-0.3, -0.25) is 9.59 Å². The van der Waals surface area contributed by atoms with Gasteiger partial charge in [0.05, 0.1) is 19.9 Å². The molecule has 0 atom stereocenters. The lowest BCUT2D eigenvalue weighted by molar-refractivity contribution is -0.127. The molecular weight excluding hydrogens is 381 g/mol. The number of benzene rings is 2. The van der Waals surface area contributed by atoms with Gasteiger partial charge in [0, 0.05) is 11.6 Å². The van der Waals surface area contributed by atoms with Gasteiger partial charge in [0.1, 0.15) is 29.6 Å². The first-order valence-electron chi connectivity index (χ1n) is 8.54. The third kappa shape index (κ3) is 4.34. The molecule has 0 spiro atoms. The van der Waals surface area contributed by atoms with Gasteiger partial charge in [-0.1, -0.05) is 12.1 Å². The lowest BCUT2D eigenvalue weighted by atomic mass is 10.1. The van der Waals surface area contributed by atoms with Gasteiger partial charge < -0.3 is 20.1 Å². The van der Waals surface area contributed by atoms with Crippen LogP contribution in [-0.2, 0) is 9.59 Å². The van der Waals surface area contributed by atoms with Crippen molar-refractivity contribution in [2.45, 2.75) is 0 Å². The van der Waals surface area contributed by atoms with E-state index in [0.29, 0.717) is 17.1 Å². The summed E-state index contributed by atoms with van der Waals surface area (Å²) < 4.78 is 24.0. The van der Waals surface area contributed by atoms with Gasteiger partial charge in [0.15, 0.2) is 0 Å². The van der Waals surface area contributed by atoms with E-state index in [1.165, 1.54) is 38.5 Å². The van der Waals surface area contributed by atoms with Crippen LogP contribution >= 0.6 is 0 Å². The Labute approximate surface area is 165 Å². The van der Waals surface area contributed by atoms with Crippen LogP contribution in [0.3, 0.4) is 0 Å². The number of carbonyl (C=O) groups excluding carboxylic acids is 3. The highest BCUT2D eigenvalue weighted by Crippen LogP contribution is 2.27. The molecule has 0 bridgehead atoms. The Morgan fingerprint density at radius 3 is 2.62 bits per heavy atom. The van der Waals surface area contributed by atoms with Gasteiger partial charge in [-0.15, -0.1) is 0 Å². The van der Waals surface area contributed by atoms with Crippen LogP contribution in [0.25, 0.3) is 6.08 Å². The van der Waals surface area contributed by atoms with Gasteiger partial charge in [-0.25, -0.2) is 14.1 Å². The minimum Gasteiger partial charge on any atom is -0.497 e. The SMILES string of the molecule is COc1ccc(/C=C2/NC(=O)N(CC(=O)Nc3ccccc3F)C2=O)c(OC)c1. The fourth-order valence-electron chi connectivity index (χ4n) is 2.70. The number of imide groups is 1. The number of urea groups is 1. The highest BCUT2D eigenvalue weighted by molar-refractivity contribution is 6.16. The number of carbonyl (C=O) groups is 3. The molecule has 1 aliphatic rings. The Hall–Kier alpha value is -3.88. The summed E-state index contributed by atoms with van der Waals surface area (Å²) in [5.41, 5.74) is 0.482. The molecule has 4 amide bonds. The van der Waals surface area contributed by atoms with Gasteiger partial charge in [-0.2, -0.15) is 0 Å². The summed E-state index contributed by atoms with van der Waals surface area (Å²) in [6.45, 7) is -0.559. The summed E-state index contributed by atoms with van der Waals surface area (Å²) in [6.07, 6.45) is 1.44. The van der Waals surface area contributed by atoms with E-state index in [1.807, 2.05) is 0 Å². The molecular formula is C20H18FN3O5. The topological polar surface area (TPSA) is 97.0 Å². The Morgan fingerprint density at radius 1 is 1.17 bits per heavy atom. The molecule has 9 heteroatoms. The van der Waals surface area contributed by atoms with Crippen LogP contribution in [0.4, 0.5) is 14.9 Å². The van der Waals surface area contributed by atoms with Crippen molar-refractivity contribution in [2.24, 2.45) is 0 Å². The van der Waals surface area contributed by atoms with Gasteiger partial charge in [-0.05, 0) is 30.3 Å². The number of anilines is 1. The zero-order valence-corrected chi connectivity index (χ0v) is 15.7. The van der Waals surface area contributed by atoms with E-state index in [2.05, 4.69) is 10.6 Å². The predicted molar refractivity (Wildman–Crippen MR) is 103 cm³/mol. The highest BCUT2D eigenvalue weighted by Gasteiger charge is 2.35. The molecule has 2 N–H and O–H groups in total. The molecule has 0 unspecified atom stereocenters. The first-order valence-corrected chi connectivity index (χ1v) is 8.54. The fraction of sp³-hybridized carbons (Fsp3) is 0.150. The van der Waals surface area contributed by atoms with E-state index in [0.717, 1.165) is 4.90 Å². The molecule has 3 rings (SSSR count). The van der Waals surface area contributed by atoms with Crippen molar-refractivity contribution in [3.05, 3.63) is 59.5 Å². The van der Waals surface area contributed by atoms with E-state index >= 15 is 0 Å². The second kappa shape index (κ2) is 8.42. The number of para-hydroxylation sites is 1. The number of nitrogens with one attached hydrogen (secondary N) is 2. The Balaban J connectivity index is 1.75. The van der Waals surface area contributed by atoms with Crippen LogP contribution in [-0.4, -0.2) is 43.5 Å². The van der Waals surface area contributed by atoms with Crippen molar-refractivity contribution >= 4 is 29.6 Å². The number of hydrogen-bond donors (Lipinski definition) is 2. The zero-order valence-electron chi connectivity index (χ0n) is 15.7. The molecule has 1 saturated heterocycles. The van der Waals surface area contributed by atoms with Gasteiger partial charge in [0.25, 0.3) is 5.91 Å². The van der Waals surface area contributed by atoms with Crippen LogP contribution < -0.4 is 20.1 Å². The lowest BCUT2D eigenvalue weighted by Crippen LogP contribution is -2.38. The summed E-state index contributed by atoms with van der Waals surface area (Å²) in [4.78, 5) is 37.6. The van der Waals surface area contributed by atoms with E-state index in [1.54, 1.807) is 24.3 Å². The molecule has 1 aliphatic heterocycles. The molecule has 0 saturated carbocycles. The summed E-state index contributed by atoms with van der Waals surface area (Å²) >= 11 is 0. The lowest BCUT2D eigenvalue weighted by Gasteiger charge is -2.12. The summed E-state index contributed by atoms with van der Waals surface area (Å²) in [7, 11) is 2.98. The normalized spacial score (nSPS) is 14.7. The monoisotopic (exact) mass is 399 g/mol. The van der Waals surface area contributed by atoms with Crippen molar-refractivity contribution in [3.63, 3.8) is 0 Å². The number of nitrogens with zero attached hydrogens (tertiary/aromatic N) is 1. The number of hydrogen-bond acceptors (Lipinski definition) is 5. The molecule has 2 aromatic carbocycles. The van der Waals surface area contributed by atoms with Crippen molar-refractivity contribution in [2.75, 3.05) is 26.1 Å². The molecule has 1 heterocycles. The average Bonchev–Trinajstić information content (AvgIpc) is 2.97. The second-order valence-electron chi connectivity index (χ2n) is 6.02. The van der Waals surface area contributed by atoms with Crippen molar-refractivity contribution in [1.82, 2.24) is 10.2 Å². The Bertz CT molecular complexity index is 1010. The Morgan fingerprint density at radius 2 is 1.93 bits per heavy atom. The third-order valence-corrected chi connectivity index (χ3v) is 4.15. The van der Waals surface area contributed by atoms with Crippen LogP contribution in [0.15, 0.2) is 48.2 Å². The first-order chi connectivity index (χ1) is 13.9. The van der Waals surface area contributed by atoms with Crippen molar-refractivity contribution in [3.8, 4) is 11.5 Å². The standard InChI is InChI=1S/C20H18FN3O5/c1-28-13-8-7-12(17(10-13)29-2)9-16-19(26)24(20(27)23-16)11-18(25)22-15-6-4-3-5-14(15)21/h3-10H,11H2,1-2H3,(H,22,25)(H,23,27)/b16-9+. The minimum absolute atomic E-state index is 0.0165. The van der Waals surface area contributed by atoms with Crippen LogP contribution in [0.2, 0.25) is 0 Å². The van der Waals surface area contributed by atoms with E-state index in [-0.39, 0.29) is 11.4 Å². The largest absolute Gasteiger partial charge is 0.497 e. The number of ether oxygens (including phenoxy) is 2. The van der Waals surface area contributed by atoms with Crippen LogP contribution in [0.1, 0.15) is 5.56 Å². The van der Waals surface area contributed by atoms with Crippen LogP contribution in [0, 0.1) is 5.82 Å². The molecule has 0 aromatic heterocycles. The minimum atomic E-state index is -0.752. The number of amides is 4. The maximum absolute atomic E-state index is 13.6. The molecule has 29 heavy (non-hydrogen) atoms. The third-order valence-electron chi connectivity index (χ3n) is 4.15. The number of halogens is 1. The van der Waals surface area contributed by atoms with E-state index < -0.39 is 30.2 Å². The quantitative estimate of drug-likeness (QED) is 0.574. The molecule has 8 nitrogen and oxygen atoms in total. The Kier molecular flexibility index (Phi) is 5.77. The molecule has 0 aliphatic carbocycles. The molecule has 2 aromatic rings.